The molecule has 0 aliphatic rings. The monoisotopic (exact) mass is 185 g/mol. The molecule has 13 heavy (non-hydrogen) atoms. The predicted molar refractivity (Wildman–Crippen MR) is 56.7 cm³/mol. The maximum atomic E-state index is 10.3. The van der Waals surface area contributed by atoms with Gasteiger partial charge in [0.05, 0.1) is 0 Å². The minimum absolute atomic E-state index is 0.420. The summed E-state index contributed by atoms with van der Waals surface area (Å²) < 4.78 is 0. The highest BCUT2D eigenvalue weighted by molar-refractivity contribution is 5.46. The number of hydrogen-bond acceptors (Lipinski definition) is 1. The third kappa shape index (κ3) is 7.82. The van der Waals surface area contributed by atoms with Crippen molar-refractivity contribution in [3.05, 3.63) is 0 Å². The largest absolute Gasteiger partial charge is 0.356 e. The van der Waals surface area contributed by atoms with E-state index in [0.29, 0.717) is 6.04 Å². The quantitative estimate of drug-likeness (QED) is 0.434. The Kier molecular flexibility index (Phi) is 9.17. The zero-order chi connectivity index (χ0) is 9.94. The molecule has 0 aromatic carbocycles. The number of unbranched alkanes of at least 4 members (excludes halogenated alkanes) is 3. The van der Waals surface area contributed by atoms with Crippen LogP contribution in [-0.4, -0.2) is 12.5 Å². The molecule has 0 aliphatic heterocycles. The Morgan fingerprint density at radius 3 is 2.23 bits per heavy atom. The molecule has 0 fully saturated rings. The molecule has 0 bridgehead atoms. The van der Waals surface area contributed by atoms with Crippen molar-refractivity contribution in [2.45, 2.75) is 64.8 Å². The second-order valence-corrected chi connectivity index (χ2v) is 3.62. The maximum Gasteiger partial charge on any atom is 0.207 e. The van der Waals surface area contributed by atoms with Crippen molar-refractivity contribution in [2.75, 3.05) is 0 Å². The van der Waals surface area contributed by atoms with Crippen molar-refractivity contribution in [1.29, 1.82) is 0 Å². The molecule has 1 atom stereocenters. The maximum absolute atomic E-state index is 10.3. The van der Waals surface area contributed by atoms with Crippen molar-refractivity contribution in [3.63, 3.8) is 0 Å². The van der Waals surface area contributed by atoms with E-state index in [1.54, 1.807) is 0 Å². The Morgan fingerprint density at radius 1 is 1.08 bits per heavy atom. The number of hydrogen-bond donors (Lipinski definition) is 1. The Labute approximate surface area is 82.1 Å². The number of amides is 1. The van der Waals surface area contributed by atoms with Crippen LogP contribution in [0.3, 0.4) is 0 Å². The van der Waals surface area contributed by atoms with E-state index in [9.17, 15) is 4.79 Å². The van der Waals surface area contributed by atoms with Gasteiger partial charge in [0.15, 0.2) is 0 Å². The molecule has 0 aliphatic carbocycles. The highest BCUT2D eigenvalue weighted by Gasteiger charge is 2.05. The summed E-state index contributed by atoms with van der Waals surface area (Å²) in [5.41, 5.74) is 0. The van der Waals surface area contributed by atoms with Crippen molar-refractivity contribution in [1.82, 2.24) is 5.32 Å². The summed E-state index contributed by atoms with van der Waals surface area (Å²) in [7, 11) is 0. The number of rotatable bonds is 9. The van der Waals surface area contributed by atoms with E-state index in [4.69, 9.17) is 0 Å². The molecule has 0 radical (unpaired) electrons. The van der Waals surface area contributed by atoms with Gasteiger partial charge in [0.25, 0.3) is 0 Å². The van der Waals surface area contributed by atoms with Crippen LogP contribution in [0, 0.1) is 0 Å². The average molecular weight is 185 g/mol. The third-order valence-corrected chi connectivity index (χ3v) is 2.37. The fourth-order valence-corrected chi connectivity index (χ4v) is 1.50. The Hall–Kier alpha value is -0.530. The predicted octanol–water partition coefficient (Wildman–Crippen LogP) is 2.87. The van der Waals surface area contributed by atoms with Gasteiger partial charge in [-0.3, -0.25) is 4.79 Å². The van der Waals surface area contributed by atoms with Crippen LogP contribution in [0.15, 0.2) is 0 Å². The molecule has 1 N–H and O–H groups in total. The molecule has 1 amide bonds. The van der Waals surface area contributed by atoms with Crippen molar-refractivity contribution in [2.24, 2.45) is 0 Å². The zero-order valence-electron chi connectivity index (χ0n) is 9.01. The second kappa shape index (κ2) is 9.56. The van der Waals surface area contributed by atoms with Gasteiger partial charge in [-0.2, -0.15) is 0 Å². The SMILES string of the molecule is CCCCCC(CCCC)NC=O. The summed E-state index contributed by atoms with van der Waals surface area (Å²) in [6.45, 7) is 4.39. The van der Waals surface area contributed by atoms with Gasteiger partial charge in [0, 0.05) is 6.04 Å². The average Bonchev–Trinajstić information content (AvgIpc) is 2.14. The van der Waals surface area contributed by atoms with Crippen molar-refractivity contribution >= 4 is 6.41 Å². The van der Waals surface area contributed by atoms with E-state index in [1.807, 2.05) is 0 Å². The summed E-state index contributed by atoms with van der Waals surface area (Å²) >= 11 is 0. The summed E-state index contributed by atoms with van der Waals surface area (Å²) in [6, 6.07) is 0.420. The van der Waals surface area contributed by atoms with Crippen LogP contribution in [0.2, 0.25) is 0 Å². The van der Waals surface area contributed by atoms with Crippen LogP contribution in [0.4, 0.5) is 0 Å². The van der Waals surface area contributed by atoms with Gasteiger partial charge in [-0.15, -0.1) is 0 Å². The van der Waals surface area contributed by atoms with Crippen LogP contribution in [0.1, 0.15) is 58.8 Å². The van der Waals surface area contributed by atoms with Gasteiger partial charge in [-0.05, 0) is 12.8 Å². The molecule has 2 heteroatoms. The van der Waals surface area contributed by atoms with Gasteiger partial charge in [-0.25, -0.2) is 0 Å². The molecule has 0 heterocycles. The minimum Gasteiger partial charge on any atom is -0.356 e. The van der Waals surface area contributed by atoms with Crippen molar-refractivity contribution < 1.29 is 4.79 Å². The summed E-state index contributed by atoms with van der Waals surface area (Å²) in [5, 5.41) is 2.90. The number of carbonyl (C=O) groups excluding carboxylic acids is 1. The standard InChI is InChI=1S/C11H23NO/c1-3-5-7-9-11(12-10-13)8-6-4-2/h10-11H,3-9H2,1-2H3,(H,12,13). The minimum atomic E-state index is 0.420. The first kappa shape index (κ1) is 12.5. The van der Waals surface area contributed by atoms with E-state index in [0.717, 1.165) is 19.3 Å². The molecule has 0 spiro atoms. The molecule has 0 aromatic rings. The molecular weight excluding hydrogens is 162 g/mol. The first-order valence-corrected chi connectivity index (χ1v) is 5.54. The fraction of sp³-hybridized carbons (Fsp3) is 0.909. The van der Waals surface area contributed by atoms with Crippen LogP contribution in [0.25, 0.3) is 0 Å². The lowest BCUT2D eigenvalue weighted by Gasteiger charge is -2.14. The normalized spacial score (nSPS) is 12.5. The molecule has 0 rings (SSSR count). The molecule has 0 saturated carbocycles. The lowest BCUT2D eigenvalue weighted by molar-refractivity contribution is -0.110. The van der Waals surface area contributed by atoms with Gasteiger partial charge < -0.3 is 5.32 Å². The van der Waals surface area contributed by atoms with Crippen LogP contribution in [-0.2, 0) is 4.79 Å². The van der Waals surface area contributed by atoms with E-state index in [1.165, 1.54) is 32.1 Å². The van der Waals surface area contributed by atoms with Gasteiger partial charge >= 0.3 is 0 Å². The number of nitrogens with one attached hydrogen (secondary N) is 1. The van der Waals surface area contributed by atoms with E-state index >= 15 is 0 Å². The van der Waals surface area contributed by atoms with E-state index < -0.39 is 0 Å². The summed E-state index contributed by atoms with van der Waals surface area (Å²) in [6.07, 6.45) is 9.33. The fourth-order valence-electron chi connectivity index (χ4n) is 1.50. The third-order valence-electron chi connectivity index (χ3n) is 2.37. The summed E-state index contributed by atoms with van der Waals surface area (Å²) in [5.74, 6) is 0. The number of carbonyl (C=O) groups is 1. The molecule has 1 unspecified atom stereocenters. The lowest BCUT2D eigenvalue weighted by Crippen LogP contribution is -2.27. The Morgan fingerprint density at radius 2 is 1.69 bits per heavy atom. The second-order valence-electron chi connectivity index (χ2n) is 3.62. The topological polar surface area (TPSA) is 29.1 Å². The Balaban J connectivity index is 3.47. The summed E-state index contributed by atoms with van der Waals surface area (Å²) in [4.78, 5) is 10.3. The van der Waals surface area contributed by atoms with Crippen LogP contribution < -0.4 is 5.32 Å². The van der Waals surface area contributed by atoms with Crippen LogP contribution >= 0.6 is 0 Å². The highest BCUT2D eigenvalue weighted by atomic mass is 16.1. The smallest absolute Gasteiger partial charge is 0.207 e. The first-order valence-electron chi connectivity index (χ1n) is 5.54. The van der Waals surface area contributed by atoms with Crippen LogP contribution in [0.5, 0.6) is 0 Å². The van der Waals surface area contributed by atoms with Gasteiger partial charge in [0.1, 0.15) is 0 Å². The van der Waals surface area contributed by atoms with Crippen molar-refractivity contribution in [3.8, 4) is 0 Å². The highest BCUT2D eigenvalue weighted by Crippen LogP contribution is 2.09. The molecule has 0 aromatic heterocycles. The molecule has 0 saturated heterocycles. The molecule has 78 valence electrons. The molecule has 2 nitrogen and oxygen atoms in total. The zero-order valence-corrected chi connectivity index (χ0v) is 9.01. The molecular formula is C11H23NO. The first-order chi connectivity index (χ1) is 6.35. The van der Waals surface area contributed by atoms with E-state index in [-0.39, 0.29) is 0 Å². The Bertz CT molecular complexity index is 115. The lowest BCUT2D eigenvalue weighted by atomic mass is 10.0. The van der Waals surface area contributed by atoms with E-state index in [2.05, 4.69) is 19.2 Å². The van der Waals surface area contributed by atoms with Gasteiger partial charge in [-0.1, -0.05) is 46.0 Å². The van der Waals surface area contributed by atoms with Gasteiger partial charge in [0.2, 0.25) is 6.41 Å².